The smallest absolute Gasteiger partial charge is 0.0863 e. The van der Waals surface area contributed by atoms with Gasteiger partial charge in [0.2, 0.25) is 0 Å². The van der Waals surface area contributed by atoms with Crippen LogP contribution in [0.5, 0.6) is 0 Å². The SMILES string of the molecule is C[C@H](CO)CCC[C@@H](C)[C@H]1[C@@H](O)[C@H](O)[C@H]2[C@]1(C)CC[C@H]1[C@@]3(C)CC[C@H](O)[C@H](O)[C@H]3[C@@H](O)C[C@]12O. The van der Waals surface area contributed by atoms with Crippen LogP contribution < -0.4 is 0 Å². The second kappa shape index (κ2) is 9.23. The predicted molar refractivity (Wildman–Crippen MR) is 128 cm³/mol. The Labute approximate surface area is 204 Å². The first-order chi connectivity index (χ1) is 15.8. The molecule has 0 aromatic carbocycles. The zero-order valence-corrected chi connectivity index (χ0v) is 21.3. The summed E-state index contributed by atoms with van der Waals surface area (Å²) in [4.78, 5) is 0. The van der Waals surface area contributed by atoms with E-state index in [2.05, 4.69) is 13.8 Å². The molecule has 34 heavy (non-hydrogen) atoms. The highest BCUT2D eigenvalue weighted by Crippen LogP contribution is 2.69. The summed E-state index contributed by atoms with van der Waals surface area (Å²) < 4.78 is 0. The largest absolute Gasteiger partial charge is 0.396 e. The van der Waals surface area contributed by atoms with Gasteiger partial charge in [-0.15, -0.1) is 0 Å². The van der Waals surface area contributed by atoms with Crippen molar-refractivity contribution in [3.63, 3.8) is 0 Å². The molecule has 7 heteroatoms. The predicted octanol–water partition coefficient (Wildman–Crippen LogP) is 1.44. The Hall–Kier alpha value is -0.280. The fourth-order valence-electron chi connectivity index (χ4n) is 9.69. The van der Waals surface area contributed by atoms with Crippen LogP contribution in [0.3, 0.4) is 0 Å². The van der Waals surface area contributed by atoms with E-state index >= 15 is 0 Å². The topological polar surface area (TPSA) is 142 Å². The highest BCUT2D eigenvalue weighted by molar-refractivity contribution is 5.22. The van der Waals surface area contributed by atoms with Crippen LogP contribution in [0.4, 0.5) is 0 Å². The summed E-state index contributed by atoms with van der Waals surface area (Å²) >= 11 is 0. The number of fused-ring (bicyclic) bond motifs is 5. The Morgan fingerprint density at radius 1 is 0.824 bits per heavy atom. The van der Waals surface area contributed by atoms with E-state index in [1.807, 2.05) is 13.8 Å². The third kappa shape index (κ3) is 3.80. The molecule has 0 bridgehead atoms. The van der Waals surface area contributed by atoms with Gasteiger partial charge in [-0.2, -0.15) is 0 Å². The van der Waals surface area contributed by atoms with Crippen LogP contribution >= 0.6 is 0 Å². The van der Waals surface area contributed by atoms with E-state index in [9.17, 15) is 35.7 Å². The average Bonchev–Trinajstić information content (AvgIpc) is 2.96. The molecule has 4 rings (SSSR count). The average molecular weight is 485 g/mol. The maximum Gasteiger partial charge on any atom is 0.0863 e. The summed E-state index contributed by atoms with van der Waals surface area (Å²) in [5.41, 5.74) is -2.37. The Kier molecular flexibility index (Phi) is 7.27. The van der Waals surface area contributed by atoms with Gasteiger partial charge in [0.15, 0.2) is 0 Å². The lowest BCUT2D eigenvalue weighted by atomic mass is 9.41. The standard InChI is InChI=1S/C27H48O7/c1-14(13-28)6-5-7-15(2)19-22(32)23(33)24-26(19,4)11-9-18-25(3)10-8-16(29)21(31)20(25)17(30)12-27(18,24)34/h14-24,28-34H,5-13H2,1-4H3/t14-,15+,16-,17-,18-,19-,20+,21-,22+,23-,24-,25+,26+,27-/m0/s1. The van der Waals surface area contributed by atoms with Gasteiger partial charge in [0.05, 0.1) is 36.1 Å². The van der Waals surface area contributed by atoms with Gasteiger partial charge in [-0.1, -0.05) is 40.5 Å². The van der Waals surface area contributed by atoms with Gasteiger partial charge < -0.3 is 35.7 Å². The van der Waals surface area contributed by atoms with E-state index in [0.29, 0.717) is 19.3 Å². The van der Waals surface area contributed by atoms with Crippen molar-refractivity contribution in [1.29, 1.82) is 0 Å². The van der Waals surface area contributed by atoms with Gasteiger partial charge >= 0.3 is 0 Å². The van der Waals surface area contributed by atoms with E-state index in [4.69, 9.17) is 0 Å². The van der Waals surface area contributed by atoms with Crippen LogP contribution in [0, 0.1) is 46.3 Å². The Balaban J connectivity index is 1.63. The van der Waals surface area contributed by atoms with Gasteiger partial charge in [0.25, 0.3) is 0 Å². The molecule has 198 valence electrons. The van der Waals surface area contributed by atoms with Gasteiger partial charge in [0.1, 0.15) is 0 Å². The number of aliphatic hydroxyl groups is 7. The lowest BCUT2D eigenvalue weighted by molar-refractivity contribution is -0.280. The number of hydrogen-bond acceptors (Lipinski definition) is 7. The summed E-state index contributed by atoms with van der Waals surface area (Å²) in [5.74, 6) is -1.08. The zero-order chi connectivity index (χ0) is 25.2. The molecular formula is C27H48O7. The Morgan fingerprint density at radius 3 is 2.12 bits per heavy atom. The molecule has 0 saturated heterocycles. The minimum Gasteiger partial charge on any atom is -0.396 e. The number of rotatable bonds is 6. The molecule has 7 nitrogen and oxygen atoms in total. The Morgan fingerprint density at radius 2 is 1.47 bits per heavy atom. The van der Waals surface area contributed by atoms with E-state index in [1.165, 1.54) is 0 Å². The minimum absolute atomic E-state index is 0.0425. The fraction of sp³-hybridized carbons (Fsp3) is 1.00. The molecular weight excluding hydrogens is 436 g/mol. The van der Waals surface area contributed by atoms with E-state index in [1.54, 1.807) is 0 Å². The summed E-state index contributed by atoms with van der Waals surface area (Å²) in [6.07, 6.45) is 0.372. The maximum atomic E-state index is 12.3. The van der Waals surface area contributed by atoms with Crippen molar-refractivity contribution < 1.29 is 35.7 Å². The van der Waals surface area contributed by atoms with Crippen molar-refractivity contribution >= 4 is 0 Å². The normalized spacial score (nSPS) is 54.6. The highest BCUT2D eigenvalue weighted by atomic mass is 16.3. The molecule has 0 heterocycles. The van der Waals surface area contributed by atoms with E-state index in [-0.39, 0.29) is 36.7 Å². The molecule has 14 atom stereocenters. The van der Waals surface area contributed by atoms with Gasteiger partial charge in [0, 0.05) is 24.9 Å². The van der Waals surface area contributed by atoms with Crippen LogP contribution in [-0.4, -0.2) is 78.5 Å². The molecule has 4 saturated carbocycles. The molecule has 7 N–H and O–H groups in total. The quantitative estimate of drug-likeness (QED) is 0.302. The van der Waals surface area contributed by atoms with Gasteiger partial charge in [-0.25, -0.2) is 0 Å². The first kappa shape index (κ1) is 26.8. The lowest BCUT2D eigenvalue weighted by Gasteiger charge is -2.66. The molecule has 0 spiro atoms. The molecule has 4 aliphatic carbocycles. The van der Waals surface area contributed by atoms with Crippen molar-refractivity contribution in [2.24, 2.45) is 46.3 Å². The molecule has 4 aliphatic rings. The fourth-order valence-corrected chi connectivity index (χ4v) is 9.69. The monoisotopic (exact) mass is 484 g/mol. The minimum atomic E-state index is -1.35. The van der Waals surface area contributed by atoms with Crippen molar-refractivity contribution in [3.05, 3.63) is 0 Å². The first-order valence-electron chi connectivity index (χ1n) is 13.6. The van der Waals surface area contributed by atoms with Crippen molar-refractivity contribution in [2.75, 3.05) is 6.61 Å². The van der Waals surface area contributed by atoms with Crippen molar-refractivity contribution in [2.45, 2.75) is 115 Å². The lowest BCUT2D eigenvalue weighted by Crippen LogP contribution is -2.71. The third-order valence-electron chi connectivity index (χ3n) is 11.2. The molecule has 0 amide bonds. The summed E-state index contributed by atoms with van der Waals surface area (Å²) in [5, 5.41) is 76.6. The van der Waals surface area contributed by atoms with Crippen molar-refractivity contribution in [1.82, 2.24) is 0 Å². The van der Waals surface area contributed by atoms with Gasteiger partial charge in [-0.3, -0.25) is 0 Å². The number of aliphatic hydroxyl groups excluding tert-OH is 6. The highest BCUT2D eigenvalue weighted by Gasteiger charge is 2.73. The van der Waals surface area contributed by atoms with Crippen LogP contribution in [0.25, 0.3) is 0 Å². The van der Waals surface area contributed by atoms with Crippen LogP contribution in [0.1, 0.15) is 79.1 Å². The third-order valence-corrected chi connectivity index (χ3v) is 11.2. The van der Waals surface area contributed by atoms with Crippen LogP contribution in [0.15, 0.2) is 0 Å². The van der Waals surface area contributed by atoms with E-state index in [0.717, 1.165) is 25.7 Å². The first-order valence-corrected chi connectivity index (χ1v) is 13.6. The van der Waals surface area contributed by atoms with Crippen LogP contribution in [0.2, 0.25) is 0 Å². The zero-order valence-electron chi connectivity index (χ0n) is 21.3. The second-order valence-electron chi connectivity index (χ2n) is 13.2. The molecule has 0 aromatic heterocycles. The second-order valence-corrected chi connectivity index (χ2v) is 13.2. The molecule has 4 fully saturated rings. The summed E-state index contributed by atoms with van der Waals surface area (Å²) in [7, 11) is 0. The van der Waals surface area contributed by atoms with Crippen molar-refractivity contribution in [3.8, 4) is 0 Å². The van der Waals surface area contributed by atoms with Gasteiger partial charge in [-0.05, 0) is 66.6 Å². The van der Waals surface area contributed by atoms with Crippen LogP contribution in [-0.2, 0) is 0 Å². The number of hydrogen-bond donors (Lipinski definition) is 7. The summed E-state index contributed by atoms with van der Waals surface area (Å²) in [6, 6.07) is 0. The summed E-state index contributed by atoms with van der Waals surface area (Å²) in [6.45, 7) is 8.44. The van der Waals surface area contributed by atoms with E-state index < -0.39 is 58.8 Å². The molecule has 0 unspecified atom stereocenters. The molecule has 0 radical (unpaired) electrons. The molecule has 0 aliphatic heterocycles. The molecule has 0 aromatic rings. The Bertz CT molecular complexity index is 734. The maximum absolute atomic E-state index is 12.3.